The quantitative estimate of drug-likeness (QED) is 0.835. The van der Waals surface area contributed by atoms with Crippen molar-refractivity contribution in [3.63, 3.8) is 0 Å². The molecule has 2 heterocycles. The number of ether oxygens (including phenoxy) is 1. The Bertz CT molecular complexity index is 463. The van der Waals surface area contributed by atoms with Gasteiger partial charge >= 0.3 is 5.97 Å². The van der Waals surface area contributed by atoms with Gasteiger partial charge < -0.3 is 14.7 Å². The molecule has 0 atom stereocenters. The molecule has 0 spiro atoms. The molecular formula is C15H20N2O3. The van der Waals surface area contributed by atoms with Crippen LogP contribution in [0.2, 0.25) is 0 Å². The van der Waals surface area contributed by atoms with Crippen molar-refractivity contribution in [3.05, 3.63) is 30.0 Å². The molecule has 1 saturated heterocycles. The van der Waals surface area contributed by atoms with Crippen molar-refractivity contribution in [1.82, 2.24) is 4.98 Å². The number of aromatic nitrogens is 1. The lowest BCUT2D eigenvalue weighted by atomic mass is 10.1. The Morgan fingerprint density at radius 2 is 2.25 bits per heavy atom. The van der Waals surface area contributed by atoms with Crippen LogP contribution in [0.4, 0.5) is 5.82 Å². The lowest BCUT2D eigenvalue weighted by molar-refractivity contribution is -0.131. The number of anilines is 1. The Labute approximate surface area is 118 Å². The van der Waals surface area contributed by atoms with E-state index in [-0.39, 0.29) is 0 Å². The number of hydrogen-bond acceptors (Lipinski definition) is 4. The first-order valence-corrected chi connectivity index (χ1v) is 6.92. The molecule has 1 fully saturated rings. The third kappa shape index (κ3) is 4.06. The van der Waals surface area contributed by atoms with Gasteiger partial charge in [-0.2, -0.15) is 0 Å². The normalized spacial score (nSPS) is 16.8. The average molecular weight is 276 g/mol. The van der Waals surface area contributed by atoms with Gasteiger partial charge in [0.15, 0.2) is 0 Å². The van der Waals surface area contributed by atoms with Gasteiger partial charge in [0, 0.05) is 32.0 Å². The Kier molecular flexibility index (Phi) is 5.12. The van der Waals surface area contributed by atoms with Crippen LogP contribution in [0.15, 0.2) is 24.4 Å². The maximum atomic E-state index is 10.4. The third-order valence-corrected chi connectivity index (χ3v) is 3.36. The van der Waals surface area contributed by atoms with Crippen molar-refractivity contribution in [3.8, 4) is 0 Å². The van der Waals surface area contributed by atoms with E-state index in [0.29, 0.717) is 6.10 Å². The van der Waals surface area contributed by atoms with Gasteiger partial charge in [-0.1, -0.05) is 0 Å². The van der Waals surface area contributed by atoms with E-state index in [2.05, 4.69) is 9.88 Å². The van der Waals surface area contributed by atoms with Crippen molar-refractivity contribution in [1.29, 1.82) is 0 Å². The highest BCUT2D eigenvalue weighted by Crippen LogP contribution is 2.19. The maximum absolute atomic E-state index is 10.4. The summed E-state index contributed by atoms with van der Waals surface area (Å²) < 4.78 is 5.63. The number of carboxylic acids is 1. The fourth-order valence-corrected chi connectivity index (χ4v) is 2.34. The summed E-state index contributed by atoms with van der Waals surface area (Å²) in [4.78, 5) is 17.1. The lowest BCUT2D eigenvalue weighted by Gasteiger charge is -2.32. The Morgan fingerprint density at radius 1 is 1.50 bits per heavy atom. The zero-order valence-electron chi connectivity index (χ0n) is 11.7. The minimum Gasteiger partial charge on any atom is -0.478 e. The zero-order chi connectivity index (χ0) is 14.4. The van der Waals surface area contributed by atoms with Gasteiger partial charge in [0.05, 0.1) is 6.10 Å². The summed E-state index contributed by atoms with van der Waals surface area (Å²) in [5.41, 5.74) is 0.792. The summed E-state index contributed by atoms with van der Waals surface area (Å²) in [5, 5.41) is 8.57. The lowest BCUT2D eigenvalue weighted by Crippen LogP contribution is -2.37. The van der Waals surface area contributed by atoms with Crippen molar-refractivity contribution in [2.45, 2.75) is 25.9 Å². The van der Waals surface area contributed by atoms with Gasteiger partial charge in [-0.3, -0.25) is 0 Å². The number of rotatable bonds is 5. The number of carbonyl (C=O) groups is 1. The molecule has 20 heavy (non-hydrogen) atoms. The second kappa shape index (κ2) is 7.05. The molecule has 0 aliphatic carbocycles. The van der Waals surface area contributed by atoms with Crippen molar-refractivity contribution in [2.24, 2.45) is 0 Å². The standard InChI is InChI=1S/C15H20N2O3/c1-2-20-13-7-9-17(10-8-13)14-5-3-12(11-16-14)4-6-15(18)19/h3-6,11,13H,2,7-10H2,1H3,(H,18,19)/b6-4+. The number of hydrogen-bond donors (Lipinski definition) is 1. The molecule has 1 aliphatic heterocycles. The zero-order valence-corrected chi connectivity index (χ0v) is 11.7. The number of pyridine rings is 1. The van der Waals surface area contributed by atoms with E-state index in [0.717, 1.165) is 50.0 Å². The summed E-state index contributed by atoms with van der Waals surface area (Å²) in [5.74, 6) is -0.0144. The number of nitrogens with zero attached hydrogens (tertiary/aromatic N) is 2. The van der Waals surface area contributed by atoms with Gasteiger partial charge in [0.25, 0.3) is 0 Å². The third-order valence-electron chi connectivity index (χ3n) is 3.36. The highest BCUT2D eigenvalue weighted by molar-refractivity contribution is 5.85. The SMILES string of the molecule is CCOC1CCN(c2ccc(/C=C/C(=O)O)cn2)CC1. The molecule has 0 radical (unpaired) electrons. The molecule has 1 aliphatic rings. The maximum Gasteiger partial charge on any atom is 0.328 e. The monoisotopic (exact) mass is 276 g/mol. The van der Waals surface area contributed by atoms with Crippen LogP contribution in [0, 0.1) is 0 Å². The summed E-state index contributed by atoms with van der Waals surface area (Å²) in [7, 11) is 0. The first kappa shape index (κ1) is 14.5. The van der Waals surface area contributed by atoms with Gasteiger partial charge in [0.1, 0.15) is 5.82 Å². The number of aliphatic carboxylic acids is 1. The Balaban J connectivity index is 1.92. The summed E-state index contributed by atoms with van der Waals surface area (Å²) >= 11 is 0. The molecule has 108 valence electrons. The van der Waals surface area contributed by atoms with E-state index in [4.69, 9.17) is 9.84 Å². The van der Waals surface area contributed by atoms with Crippen LogP contribution in [-0.2, 0) is 9.53 Å². The van der Waals surface area contributed by atoms with Crippen LogP contribution in [0.1, 0.15) is 25.3 Å². The molecule has 0 bridgehead atoms. The van der Waals surface area contributed by atoms with E-state index in [9.17, 15) is 4.79 Å². The molecule has 1 aromatic rings. The fourth-order valence-electron chi connectivity index (χ4n) is 2.34. The van der Waals surface area contributed by atoms with E-state index in [1.54, 1.807) is 12.3 Å². The van der Waals surface area contributed by atoms with Crippen LogP contribution in [-0.4, -0.2) is 41.9 Å². The molecule has 5 nitrogen and oxygen atoms in total. The van der Waals surface area contributed by atoms with E-state index in [1.165, 1.54) is 0 Å². The Hall–Kier alpha value is -1.88. The molecule has 2 rings (SSSR count). The van der Waals surface area contributed by atoms with E-state index in [1.807, 2.05) is 19.1 Å². The number of piperidine rings is 1. The molecule has 0 amide bonds. The van der Waals surface area contributed by atoms with Crippen molar-refractivity contribution < 1.29 is 14.6 Å². The predicted octanol–water partition coefficient (Wildman–Crippen LogP) is 2.18. The molecule has 0 unspecified atom stereocenters. The topological polar surface area (TPSA) is 62.7 Å². The fraction of sp³-hybridized carbons (Fsp3) is 0.467. The molecular weight excluding hydrogens is 256 g/mol. The predicted molar refractivity (Wildman–Crippen MR) is 77.8 cm³/mol. The van der Waals surface area contributed by atoms with Crippen LogP contribution in [0.25, 0.3) is 6.08 Å². The average Bonchev–Trinajstić information content (AvgIpc) is 2.47. The summed E-state index contributed by atoms with van der Waals surface area (Å²) in [6, 6.07) is 3.82. The largest absolute Gasteiger partial charge is 0.478 e. The van der Waals surface area contributed by atoms with Gasteiger partial charge in [-0.25, -0.2) is 9.78 Å². The van der Waals surface area contributed by atoms with Crippen LogP contribution in [0.3, 0.4) is 0 Å². The molecule has 1 aromatic heterocycles. The van der Waals surface area contributed by atoms with Crippen LogP contribution in [0.5, 0.6) is 0 Å². The van der Waals surface area contributed by atoms with Gasteiger partial charge in [-0.05, 0) is 43.5 Å². The first-order chi connectivity index (χ1) is 9.69. The van der Waals surface area contributed by atoms with Gasteiger partial charge in [0.2, 0.25) is 0 Å². The van der Waals surface area contributed by atoms with E-state index >= 15 is 0 Å². The molecule has 1 N–H and O–H groups in total. The van der Waals surface area contributed by atoms with Crippen molar-refractivity contribution in [2.75, 3.05) is 24.6 Å². The number of carboxylic acid groups (broad SMARTS) is 1. The summed E-state index contributed by atoms with van der Waals surface area (Å²) in [6.07, 6.45) is 6.77. The Morgan fingerprint density at radius 3 is 2.80 bits per heavy atom. The molecule has 5 heteroatoms. The smallest absolute Gasteiger partial charge is 0.328 e. The second-order valence-corrected chi connectivity index (χ2v) is 4.76. The van der Waals surface area contributed by atoms with Crippen LogP contribution >= 0.6 is 0 Å². The second-order valence-electron chi connectivity index (χ2n) is 4.76. The minimum atomic E-state index is -0.952. The first-order valence-electron chi connectivity index (χ1n) is 6.92. The van der Waals surface area contributed by atoms with Crippen LogP contribution < -0.4 is 4.90 Å². The van der Waals surface area contributed by atoms with Crippen molar-refractivity contribution >= 4 is 17.9 Å². The highest BCUT2D eigenvalue weighted by Gasteiger charge is 2.19. The van der Waals surface area contributed by atoms with Gasteiger partial charge in [-0.15, -0.1) is 0 Å². The highest BCUT2D eigenvalue weighted by atomic mass is 16.5. The molecule has 0 saturated carbocycles. The molecule has 0 aromatic carbocycles. The summed E-state index contributed by atoms with van der Waals surface area (Å²) in [6.45, 7) is 4.69. The van der Waals surface area contributed by atoms with E-state index < -0.39 is 5.97 Å². The minimum absolute atomic E-state index is 0.369.